The fourth-order valence-electron chi connectivity index (χ4n) is 1.64. The smallest absolute Gasteiger partial charge is 0.434 e. The molecular weight excluding hydrogens is 268 g/mol. The summed E-state index contributed by atoms with van der Waals surface area (Å²) in [6, 6.07) is 9.18. The lowest BCUT2D eigenvalue weighted by molar-refractivity contribution is 0.0602. The number of amides is 1. The molecule has 0 saturated carbocycles. The minimum atomic E-state index is -0.622. The molecule has 0 spiro atoms. The molecule has 0 heterocycles. The number of aliphatic imine (C=N–C) groups is 1. The molecule has 0 aliphatic heterocycles. The van der Waals surface area contributed by atoms with Gasteiger partial charge in [-0.15, -0.1) is 0 Å². The zero-order chi connectivity index (χ0) is 15.9. The van der Waals surface area contributed by atoms with E-state index in [2.05, 4.69) is 11.1 Å². The van der Waals surface area contributed by atoms with E-state index in [-0.39, 0.29) is 6.61 Å². The van der Waals surface area contributed by atoms with Crippen LogP contribution in [0.15, 0.2) is 29.3 Å². The number of ether oxygens (including phenoxy) is 2. The van der Waals surface area contributed by atoms with Crippen molar-refractivity contribution in [2.75, 3.05) is 13.7 Å². The van der Waals surface area contributed by atoms with E-state index in [1.165, 1.54) is 0 Å². The summed E-state index contributed by atoms with van der Waals surface area (Å²) in [6.07, 6.45) is -0.151. The Morgan fingerprint density at radius 2 is 1.90 bits per heavy atom. The first-order valence-electron chi connectivity index (χ1n) is 6.61. The molecule has 0 atom stereocenters. The summed E-state index contributed by atoms with van der Waals surface area (Å²) in [6.45, 7) is 5.62. The van der Waals surface area contributed by atoms with Crippen LogP contribution in [-0.4, -0.2) is 31.1 Å². The van der Waals surface area contributed by atoms with E-state index < -0.39 is 11.7 Å². The molecule has 0 aromatic heterocycles. The van der Waals surface area contributed by atoms with E-state index in [0.717, 1.165) is 5.56 Å². The molecule has 1 aromatic carbocycles. The van der Waals surface area contributed by atoms with Crippen LogP contribution >= 0.6 is 0 Å². The van der Waals surface area contributed by atoms with E-state index in [1.54, 1.807) is 40.0 Å². The van der Waals surface area contributed by atoms with Gasteiger partial charge in [-0.3, -0.25) is 0 Å². The van der Waals surface area contributed by atoms with E-state index in [0.29, 0.717) is 17.7 Å². The number of hydrogen-bond acceptors (Lipinski definition) is 4. The molecule has 5 nitrogen and oxygen atoms in total. The average molecular weight is 288 g/mol. The molecule has 112 valence electrons. The first-order valence-corrected chi connectivity index (χ1v) is 6.61. The lowest BCUT2D eigenvalue weighted by atomic mass is 10.1. The Morgan fingerprint density at radius 3 is 2.38 bits per heavy atom. The molecule has 1 rings (SSSR count). The fraction of sp³-hybridized carbons (Fsp3) is 0.438. The monoisotopic (exact) mass is 288 g/mol. The second kappa shape index (κ2) is 7.55. The summed E-state index contributed by atoms with van der Waals surface area (Å²) in [5.41, 5.74) is 1.55. The summed E-state index contributed by atoms with van der Waals surface area (Å²) in [5, 5.41) is 8.77. The molecule has 0 bridgehead atoms. The van der Waals surface area contributed by atoms with E-state index in [9.17, 15) is 4.79 Å². The third-order valence-corrected chi connectivity index (χ3v) is 2.45. The quantitative estimate of drug-likeness (QED) is 0.798. The van der Waals surface area contributed by atoms with Crippen LogP contribution in [0.4, 0.5) is 4.79 Å². The van der Waals surface area contributed by atoms with Crippen molar-refractivity contribution < 1.29 is 14.3 Å². The molecule has 1 aromatic rings. The van der Waals surface area contributed by atoms with Gasteiger partial charge in [0.25, 0.3) is 0 Å². The Kier molecular flexibility index (Phi) is 6.07. The Morgan fingerprint density at radius 1 is 1.29 bits per heavy atom. The lowest BCUT2D eigenvalue weighted by Gasteiger charge is -2.17. The number of nitriles is 1. The van der Waals surface area contributed by atoms with Crippen molar-refractivity contribution in [1.82, 2.24) is 0 Å². The van der Waals surface area contributed by atoms with Crippen molar-refractivity contribution in [3.63, 3.8) is 0 Å². The predicted octanol–water partition coefficient (Wildman–Crippen LogP) is 3.12. The van der Waals surface area contributed by atoms with Gasteiger partial charge < -0.3 is 9.47 Å². The number of rotatable bonds is 4. The van der Waals surface area contributed by atoms with Crippen LogP contribution in [0, 0.1) is 11.3 Å². The summed E-state index contributed by atoms with van der Waals surface area (Å²) in [5.74, 6) is 0. The summed E-state index contributed by atoms with van der Waals surface area (Å²) in [4.78, 5) is 15.7. The molecule has 0 N–H and O–H groups in total. The van der Waals surface area contributed by atoms with Crippen LogP contribution in [0.1, 0.15) is 31.9 Å². The second-order valence-corrected chi connectivity index (χ2v) is 5.58. The van der Waals surface area contributed by atoms with Gasteiger partial charge in [-0.1, -0.05) is 12.1 Å². The minimum absolute atomic E-state index is 0.249. The van der Waals surface area contributed by atoms with Crippen LogP contribution in [0.3, 0.4) is 0 Å². The molecule has 0 aliphatic carbocycles. The maximum Gasteiger partial charge on any atom is 0.434 e. The van der Waals surface area contributed by atoms with Crippen LogP contribution < -0.4 is 0 Å². The van der Waals surface area contributed by atoms with E-state index in [4.69, 9.17) is 14.7 Å². The third-order valence-electron chi connectivity index (χ3n) is 2.45. The number of nitrogens with zero attached hydrogens (tertiary/aromatic N) is 2. The van der Waals surface area contributed by atoms with Crippen LogP contribution in [0.5, 0.6) is 0 Å². The topological polar surface area (TPSA) is 71.7 Å². The number of hydrogen-bond donors (Lipinski definition) is 0. The van der Waals surface area contributed by atoms with Gasteiger partial charge in [0.1, 0.15) is 5.60 Å². The van der Waals surface area contributed by atoms with Gasteiger partial charge in [0.2, 0.25) is 0 Å². The number of carbonyl (C=O) groups excluding carboxylic acids is 1. The van der Waals surface area contributed by atoms with E-state index >= 15 is 0 Å². The van der Waals surface area contributed by atoms with Crippen molar-refractivity contribution >= 4 is 11.8 Å². The molecule has 0 fully saturated rings. The molecule has 21 heavy (non-hydrogen) atoms. The van der Waals surface area contributed by atoms with Gasteiger partial charge in [0.15, 0.2) is 0 Å². The number of methoxy groups -OCH3 is 1. The molecular formula is C16H20N2O3. The molecule has 5 heteroatoms. The fourth-order valence-corrected chi connectivity index (χ4v) is 1.64. The molecule has 0 aliphatic rings. The third kappa shape index (κ3) is 6.68. The first kappa shape index (κ1) is 16.9. The highest BCUT2D eigenvalue weighted by Crippen LogP contribution is 2.10. The zero-order valence-electron chi connectivity index (χ0n) is 12.8. The average Bonchev–Trinajstić information content (AvgIpc) is 2.37. The maximum absolute atomic E-state index is 11.7. The molecule has 0 radical (unpaired) electrons. The van der Waals surface area contributed by atoms with Gasteiger partial charge in [-0.05, 0) is 38.5 Å². The Bertz CT molecular complexity index is 548. The minimum Gasteiger partial charge on any atom is -0.442 e. The highest BCUT2D eigenvalue weighted by Gasteiger charge is 2.16. The van der Waals surface area contributed by atoms with Crippen molar-refractivity contribution in [1.29, 1.82) is 5.26 Å². The second-order valence-electron chi connectivity index (χ2n) is 5.58. The van der Waals surface area contributed by atoms with Crippen LogP contribution in [-0.2, 0) is 15.9 Å². The van der Waals surface area contributed by atoms with Gasteiger partial charge in [-0.25, -0.2) is 4.79 Å². The van der Waals surface area contributed by atoms with Gasteiger partial charge in [0, 0.05) is 13.5 Å². The van der Waals surface area contributed by atoms with Crippen LogP contribution in [0.2, 0.25) is 0 Å². The van der Waals surface area contributed by atoms with Gasteiger partial charge >= 0.3 is 6.09 Å². The number of carbonyl (C=O) groups is 1. The van der Waals surface area contributed by atoms with Crippen molar-refractivity contribution in [2.24, 2.45) is 4.99 Å². The highest BCUT2D eigenvalue weighted by molar-refractivity contribution is 5.95. The summed E-state index contributed by atoms with van der Waals surface area (Å²) >= 11 is 0. The SMILES string of the molecule is COC/C(Cc1ccc(C#N)cc1)=N\C(=O)OC(C)(C)C. The Hall–Kier alpha value is -2.19. The summed E-state index contributed by atoms with van der Waals surface area (Å²) < 4.78 is 10.2. The highest BCUT2D eigenvalue weighted by atomic mass is 16.6. The maximum atomic E-state index is 11.7. The molecule has 1 amide bonds. The van der Waals surface area contributed by atoms with Crippen molar-refractivity contribution in [2.45, 2.75) is 32.8 Å². The zero-order valence-corrected chi connectivity index (χ0v) is 12.8. The van der Waals surface area contributed by atoms with Gasteiger partial charge in [0.05, 0.1) is 24.0 Å². The Balaban J connectivity index is 2.81. The van der Waals surface area contributed by atoms with E-state index in [1.807, 2.05) is 12.1 Å². The standard InChI is InChI=1S/C16H20N2O3/c1-16(2,3)21-15(19)18-14(11-20-4)9-12-5-7-13(10-17)8-6-12/h5-8H,9,11H2,1-4H3/b18-14-. The van der Waals surface area contributed by atoms with Crippen LogP contribution in [0.25, 0.3) is 0 Å². The predicted molar refractivity (Wildman–Crippen MR) is 80.4 cm³/mol. The molecule has 0 saturated heterocycles. The van der Waals surface area contributed by atoms with Crippen molar-refractivity contribution in [3.8, 4) is 6.07 Å². The molecule has 0 unspecified atom stereocenters. The van der Waals surface area contributed by atoms with Gasteiger partial charge in [-0.2, -0.15) is 10.3 Å². The van der Waals surface area contributed by atoms with Crippen molar-refractivity contribution in [3.05, 3.63) is 35.4 Å². The summed E-state index contributed by atoms with van der Waals surface area (Å²) in [7, 11) is 1.55. The first-order chi connectivity index (χ1) is 9.84. The normalized spacial score (nSPS) is 11.9. The Labute approximate surface area is 125 Å². The lowest BCUT2D eigenvalue weighted by Crippen LogP contribution is -2.23. The number of benzene rings is 1. The largest absolute Gasteiger partial charge is 0.442 e.